The van der Waals surface area contributed by atoms with Gasteiger partial charge in [0.2, 0.25) is 5.91 Å². The first kappa shape index (κ1) is 20.4. The third kappa shape index (κ3) is 9.30. The molecule has 0 heterocycles. The van der Waals surface area contributed by atoms with Crippen molar-refractivity contribution in [3.8, 4) is 0 Å². The summed E-state index contributed by atoms with van der Waals surface area (Å²) in [4.78, 5) is 34.3. The average molecular weight is 372 g/mol. The third-order valence-electron chi connectivity index (χ3n) is 3.01. The zero-order valence-electron chi connectivity index (χ0n) is 13.6. The van der Waals surface area contributed by atoms with E-state index in [0.717, 1.165) is 11.8 Å². The van der Waals surface area contributed by atoms with Crippen molar-refractivity contribution in [1.82, 2.24) is 10.6 Å². The molecule has 0 bridgehead atoms. The van der Waals surface area contributed by atoms with Crippen LogP contribution in [0.1, 0.15) is 12.0 Å². The van der Waals surface area contributed by atoms with E-state index < -0.39 is 40.4 Å². The topological polar surface area (TPSA) is 139 Å². The maximum atomic E-state index is 11.9. The Hall–Kier alpha value is -2.62. The predicted octanol–water partition coefficient (Wildman–Crippen LogP) is -0.0831. The lowest BCUT2D eigenvalue weighted by molar-refractivity contribution is -0.138. The molecule has 1 aromatic carbocycles. The van der Waals surface area contributed by atoms with E-state index in [4.69, 9.17) is 9.84 Å². The Bertz CT molecular complexity index is 704. The van der Waals surface area contributed by atoms with Crippen LogP contribution in [0.25, 0.3) is 0 Å². The molecular formula is C15H20N2O7S. The fourth-order valence-electron chi connectivity index (χ4n) is 1.79. The van der Waals surface area contributed by atoms with Crippen LogP contribution in [0.15, 0.2) is 30.3 Å². The van der Waals surface area contributed by atoms with Gasteiger partial charge in [-0.1, -0.05) is 30.3 Å². The molecule has 0 saturated heterocycles. The number of hydrogen-bond donors (Lipinski definition) is 3. The van der Waals surface area contributed by atoms with E-state index in [9.17, 15) is 22.8 Å². The van der Waals surface area contributed by atoms with Crippen LogP contribution in [0.5, 0.6) is 0 Å². The highest BCUT2D eigenvalue weighted by molar-refractivity contribution is 7.90. The van der Waals surface area contributed by atoms with Crippen molar-refractivity contribution in [3.63, 3.8) is 0 Å². The Kier molecular flexibility index (Phi) is 7.86. The van der Waals surface area contributed by atoms with E-state index in [1.54, 1.807) is 30.3 Å². The van der Waals surface area contributed by atoms with Gasteiger partial charge in [-0.05, 0) is 12.0 Å². The minimum Gasteiger partial charge on any atom is -0.480 e. The quantitative estimate of drug-likeness (QED) is 0.551. The number of ether oxygens (including phenoxy) is 1. The van der Waals surface area contributed by atoms with Gasteiger partial charge in [-0.25, -0.2) is 13.2 Å². The summed E-state index contributed by atoms with van der Waals surface area (Å²) in [6, 6.07) is 7.60. The number of carbonyl (C=O) groups is 3. The van der Waals surface area contributed by atoms with E-state index in [-0.39, 0.29) is 18.8 Å². The predicted molar refractivity (Wildman–Crippen MR) is 88.5 cm³/mol. The second kappa shape index (κ2) is 9.62. The Morgan fingerprint density at radius 1 is 1.20 bits per heavy atom. The number of carboxylic acid groups (broad SMARTS) is 1. The highest BCUT2D eigenvalue weighted by Crippen LogP contribution is 2.02. The van der Waals surface area contributed by atoms with Crippen LogP contribution in [0, 0.1) is 0 Å². The Morgan fingerprint density at radius 3 is 2.40 bits per heavy atom. The van der Waals surface area contributed by atoms with Gasteiger partial charge in [-0.3, -0.25) is 9.59 Å². The number of carboxylic acids is 1. The van der Waals surface area contributed by atoms with Crippen LogP contribution in [0.2, 0.25) is 0 Å². The summed E-state index contributed by atoms with van der Waals surface area (Å²) in [7, 11) is -3.36. The van der Waals surface area contributed by atoms with Crippen molar-refractivity contribution in [3.05, 3.63) is 35.9 Å². The maximum absolute atomic E-state index is 11.9. The molecule has 25 heavy (non-hydrogen) atoms. The number of aliphatic carboxylic acids is 1. The largest absolute Gasteiger partial charge is 0.480 e. The van der Waals surface area contributed by atoms with Gasteiger partial charge < -0.3 is 20.5 Å². The summed E-state index contributed by atoms with van der Waals surface area (Å²) >= 11 is 0. The summed E-state index contributed by atoms with van der Waals surface area (Å²) < 4.78 is 27.5. The fraction of sp³-hybridized carbons (Fsp3) is 0.400. The lowest BCUT2D eigenvalue weighted by Gasteiger charge is -2.17. The molecule has 0 fully saturated rings. The van der Waals surface area contributed by atoms with Crippen LogP contribution >= 0.6 is 0 Å². The molecule has 1 rings (SSSR count). The van der Waals surface area contributed by atoms with Crippen LogP contribution in [0.3, 0.4) is 0 Å². The van der Waals surface area contributed by atoms with Crippen molar-refractivity contribution in [1.29, 1.82) is 0 Å². The van der Waals surface area contributed by atoms with Gasteiger partial charge in [0.25, 0.3) is 0 Å². The second-order valence-electron chi connectivity index (χ2n) is 5.29. The number of carbonyl (C=O) groups excluding carboxylic acids is 2. The first-order chi connectivity index (χ1) is 11.7. The maximum Gasteiger partial charge on any atom is 0.408 e. The van der Waals surface area contributed by atoms with Gasteiger partial charge in [-0.2, -0.15) is 0 Å². The molecule has 1 atom stereocenters. The molecule has 9 nitrogen and oxygen atoms in total. The van der Waals surface area contributed by atoms with Crippen LogP contribution in [0.4, 0.5) is 4.79 Å². The average Bonchev–Trinajstić information content (AvgIpc) is 2.54. The number of alkyl carbamates (subject to hydrolysis) is 1. The van der Waals surface area contributed by atoms with Gasteiger partial charge >= 0.3 is 12.1 Å². The molecule has 0 saturated carbocycles. The van der Waals surface area contributed by atoms with Crippen LogP contribution in [-0.4, -0.2) is 56.1 Å². The smallest absolute Gasteiger partial charge is 0.408 e. The van der Waals surface area contributed by atoms with Gasteiger partial charge in [0.05, 0.1) is 5.75 Å². The molecule has 0 aliphatic rings. The zero-order chi connectivity index (χ0) is 18.9. The van der Waals surface area contributed by atoms with Gasteiger partial charge in [0.15, 0.2) is 0 Å². The third-order valence-corrected chi connectivity index (χ3v) is 3.99. The van der Waals surface area contributed by atoms with E-state index in [2.05, 4.69) is 10.6 Å². The molecule has 1 aromatic rings. The molecule has 0 unspecified atom stereocenters. The highest BCUT2D eigenvalue weighted by Gasteiger charge is 2.23. The number of hydrogen-bond acceptors (Lipinski definition) is 6. The highest BCUT2D eigenvalue weighted by atomic mass is 32.2. The Labute approximate surface area is 145 Å². The van der Waals surface area contributed by atoms with Gasteiger partial charge in [0.1, 0.15) is 29.0 Å². The lowest BCUT2D eigenvalue weighted by atomic mass is 10.2. The van der Waals surface area contributed by atoms with Crippen molar-refractivity contribution in [2.24, 2.45) is 0 Å². The number of rotatable bonds is 9. The van der Waals surface area contributed by atoms with Crippen molar-refractivity contribution >= 4 is 27.8 Å². The fourth-order valence-corrected chi connectivity index (χ4v) is 2.46. The molecule has 0 radical (unpaired) electrons. The van der Waals surface area contributed by atoms with Crippen LogP contribution < -0.4 is 10.6 Å². The lowest BCUT2D eigenvalue weighted by Crippen LogP contribution is -2.48. The molecule has 0 aliphatic heterocycles. The monoisotopic (exact) mass is 372 g/mol. The van der Waals surface area contributed by atoms with E-state index in [0.29, 0.717) is 0 Å². The van der Waals surface area contributed by atoms with Gasteiger partial charge in [0, 0.05) is 6.26 Å². The molecule has 138 valence electrons. The van der Waals surface area contributed by atoms with Gasteiger partial charge in [-0.15, -0.1) is 0 Å². The Balaban J connectivity index is 2.62. The minimum absolute atomic E-state index is 0.0256. The SMILES string of the molecule is CS(=O)(=O)CC[C@H](NC(=O)OCc1ccccc1)C(=O)NCC(=O)O. The van der Waals surface area contributed by atoms with Crippen molar-refractivity contribution in [2.75, 3.05) is 18.6 Å². The number of benzene rings is 1. The molecule has 3 N–H and O–H groups in total. The molecule has 0 aliphatic carbocycles. The van der Waals surface area contributed by atoms with Crippen molar-refractivity contribution < 1.29 is 32.6 Å². The van der Waals surface area contributed by atoms with E-state index in [1.165, 1.54) is 0 Å². The summed E-state index contributed by atoms with van der Waals surface area (Å²) in [5.41, 5.74) is 0.737. The molecular weight excluding hydrogens is 352 g/mol. The van der Waals surface area contributed by atoms with E-state index in [1.807, 2.05) is 0 Å². The standard InChI is InChI=1S/C15H20N2O7S/c1-25(22,23)8-7-12(14(20)16-9-13(18)19)17-15(21)24-10-11-5-3-2-4-6-11/h2-6,12H,7-10H2,1H3,(H,16,20)(H,17,21)(H,18,19)/t12-/m0/s1. The molecule has 10 heteroatoms. The van der Waals surface area contributed by atoms with Crippen molar-refractivity contribution in [2.45, 2.75) is 19.1 Å². The number of amides is 2. The molecule has 2 amide bonds. The molecule has 0 spiro atoms. The summed E-state index contributed by atoms with van der Waals surface area (Å²) in [6.07, 6.45) is -0.120. The number of nitrogens with one attached hydrogen (secondary N) is 2. The molecule has 0 aromatic heterocycles. The normalized spacial score (nSPS) is 12.0. The minimum atomic E-state index is -3.36. The zero-order valence-corrected chi connectivity index (χ0v) is 14.4. The Morgan fingerprint density at radius 2 is 1.84 bits per heavy atom. The summed E-state index contributed by atoms with van der Waals surface area (Å²) in [5.74, 6) is -2.42. The first-order valence-corrected chi connectivity index (χ1v) is 9.38. The first-order valence-electron chi connectivity index (χ1n) is 7.32. The number of sulfone groups is 1. The summed E-state index contributed by atoms with van der Waals surface area (Å²) in [5, 5.41) is 12.9. The van der Waals surface area contributed by atoms with E-state index >= 15 is 0 Å². The van der Waals surface area contributed by atoms with Crippen LogP contribution in [-0.2, 0) is 30.8 Å². The second-order valence-corrected chi connectivity index (χ2v) is 7.55. The summed E-state index contributed by atoms with van der Waals surface area (Å²) in [6.45, 7) is -0.669.